The smallest absolute Gasteiger partial charge is 0.240 e. The SMILES string of the molecule is COC1(c2noc(CC#N)n2)CCCC1. The Bertz CT molecular complexity index is 374. The van der Waals surface area contributed by atoms with Gasteiger partial charge in [-0.1, -0.05) is 5.16 Å². The molecule has 0 atom stereocenters. The van der Waals surface area contributed by atoms with Gasteiger partial charge in [-0.05, 0) is 25.7 Å². The Labute approximate surface area is 88.0 Å². The zero-order chi connectivity index (χ0) is 10.7. The van der Waals surface area contributed by atoms with Crippen molar-refractivity contribution >= 4 is 0 Å². The second-order valence-corrected chi connectivity index (χ2v) is 3.75. The van der Waals surface area contributed by atoms with Crippen LogP contribution in [0.2, 0.25) is 0 Å². The van der Waals surface area contributed by atoms with Gasteiger partial charge in [-0.2, -0.15) is 10.2 Å². The zero-order valence-electron chi connectivity index (χ0n) is 8.69. The first-order chi connectivity index (χ1) is 7.30. The summed E-state index contributed by atoms with van der Waals surface area (Å²) in [5, 5.41) is 12.4. The summed E-state index contributed by atoms with van der Waals surface area (Å²) in [6.45, 7) is 0. The Balaban J connectivity index is 2.23. The summed E-state index contributed by atoms with van der Waals surface area (Å²) in [7, 11) is 1.67. The minimum absolute atomic E-state index is 0.160. The normalized spacial score (nSPS) is 18.9. The second-order valence-electron chi connectivity index (χ2n) is 3.75. The molecule has 1 saturated carbocycles. The lowest BCUT2D eigenvalue weighted by atomic mass is 10.0. The Morgan fingerprint density at radius 1 is 1.53 bits per heavy atom. The van der Waals surface area contributed by atoms with Gasteiger partial charge in [0.1, 0.15) is 12.0 Å². The molecule has 1 aliphatic rings. The van der Waals surface area contributed by atoms with E-state index in [1.807, 2.05) is 6.07 Å². The summed E-state index contributed by atoms with van der Waals surface area (Å²) in [6.07, 6.45) is 4.25. The number of aromatic nitrogens is 2. The van der Waals surface area contributed by atoms with Gasteiger partial charge in [0.05, 0.1) is 6.07 Å². The number of hydrogen-bond donors (Lipinski definition) is 0. The van der Waals surface area contributed by atoms with Crippen molar-refractivity contribution in [2.24, 2.45) is 0 Å². The number of hydrogen-bond acceptors (Lipinski definition) is 5. The minimum atomic E-state index is -0.378. The third-order valence-electron chi connectivity index (χ3n) is 2.91. The lowest BCUT2D eigenvalue weighted by Gasteiger charge is -2.22. The molecule has 0 aromatic carbocycles. The lowest BCUT2D eigenvalue weighted by Crippen LogP contribution is -2.26. The van der Waals surface area contributed by atoms with Crippen molar-refractivity contribution < 1.29 is 9.26 Å². The average molecular weight is 207 g/mol. The Hall–Kier alpha value is -1.41. The van der Waals surface area contributed by atoms with Gasteiger partial charge in [0, 0.05) is 7.11 Å². The van der Waals surface area contributed by atoms with Crippen LogP contribution in [0.1, 0.15) is 37.4 Å². The van der Waals surface area contributed by atoms with Crippen LogP contribution in [0.4, 0.5) is 0 Å². The van der Waals surface area contributed by atoms with Crippen LogP contribution < -0.4 is 0 Å². The van der Waals surface area contributed by atoms with Crippen LogP contribution in [0.3, 0.4) is 0 Å². The number of nitrogens with zero attached hydrogens (tertiary/aromatic N) is 3. The Morgan fingerprint density at radius 3 is 2.87 bits per heavy atom. The molecule has 0 amide bonds. The molecule has 0 radical (unpaired) electrons. The van der Waals surface area contributed by atoms with Crippen molar-refractivity contribution in [3.63, 3.8) is 0 Å². The first-order valence-corrected chi connectivity index (χ1v) is 5.06. The number of methoxy groups -OCH3 is 1. The number of nitriles is 1. The third-order valence-corrected chi connectivity index (χ3v) is 2.91. The largest absolute Gasteiger partial charge is 0.370 e. The predicted octanol–water partition coefficient (Wildman–Crippen LogP) is 1.55. The van der Waals surface area contributed by atoms with Crippen molar-refractivity contribution in [1.29, 1.82) is 5.26 Å². The lowest BCUT2D eigenvalue weighted by molar-refractivity contribution is -0.0178. The van der Waals surface area contributed by atoms with E-state index in [4.69, 9.17) is 14.5 Å². The topological polar surface area (TPSA) is 71.9 Å². The highest BCUT2D eigenvalue weighted by molar-refractivity contribution is 5.05. The molecule has 80 valence electrons. The van der Waals surface area contributed by atoms with E-state index < -0.39 is 0 Å². The summed E-state index contributed by atoms with van der Waals surface area (Å²) >= 11 is 0. The van der Waals surface area contributed by atoms with Gasteiger partial charge in [0.15, 0.2) is 0 Å². The summed E-state index contributed by atoms with van der Waals surface area (Å²) in [5.41, 5.74) is -0.378. The van der Waals surface area contributed by atoms with E-state index in [9.17, 15) is 0 Å². The minimum Gasteiger partial charge on any atom is -0.370 e. The van der Waals surface area contributed by atoms with E-state index in [2.05, 4.69) is 10.1 Å². The second kappa shape index (κ2) is 3.99. The maximum atomic E-state index is 8.51. The quantitative estimate of drug-likeness (QED) is 0.751. The van der Waals surface area contributed by atoms with Crippen molar-refractivity contribution in [1.82, 2.24) is 10.1 Å². The maximum absolute atomic E-state index is 8.51. The summed E-state index contributed by atoms with van der Waals surface area (Å²) in [4.78, 5) is 4.20. The van der Waals surface area contributed by atoms with E-state index >= 15 is 0 Å². The predicted molar refractivity (Wildman–Crippen MR) is 50.8 cm³/mol. The fourth-order valence-corrected chi connectivity index (χ4v) is 2.04. The fraction of sp³-hybridized carbons (Fsp3) is 0.700. The fourth-order valence-electron chi connectivity index (χ4n) is 2.04. The monoisotopic (exact) mass is 207 g/mol. The van der Waals surface area contributed by atoms with Crippen LogP contribution >= 0.6 is 0 Å². The molecule has 0 unspecified atom stereocenters. The van der Waals surface area contributed by atoms with Crippen LogP contribution in [0, 0.1) is 11.3 Å². The standard InChI is InChI=1S/C10H13N3O2/c1-14-10(5-2-3-6-10)9-12-8(4-7-11)15-13-9/h2-6H2,1H3. The van der Waals surface area contributed by atoms with Crippen LogP contribution in [0.15, 0.2) is 4.52 Å². The molecule has 1 heterocycles. The van der Waals surface area contributed by atoms with Gasteiger partial charge in [-0.3, -0.25) is 0 Å². The molecule has 1 fully saturated rings. The van der Waals surface area contributed by atoms with Gasteiger partial charge in [-0.15, -0.1) is 0 Å². The molecule has 5 heteroatoms. The summed E-state index contributed by atoms with van der Waals surface area (Å²) in [6, 6.07) is 1.98. The molecule has 0 saturated heterocycles. The number of ether oxygens (including phenoxy) is 1. The van der Waals surface area contributed by atoms with Crippen molar-refractivity contribution in [2.75, 3.05) is 7.11 Å². The Morgan fingerprint density at radius 2 is 2.27 bits per heavy atom. The van der Waals surface area contributed by atoms with Gasteiger partial charge >= 0.3 is 0 Å². The Kier molecular flexibility index (Phi) is 2.69. The van der Waals surface area contributed by atoms with Gasteiger partial charge < -0.3 is 9.26 Å². The molecule has 0 aliphatic heterocycles. The highest BCUT2D eigenvalue weighted by atomic mass is 16.5. The summed E-state index contributed by atoms with van der Waals surface area (Å²) < 4.78 is 10.5. The molecule has 0 N–H and O–H groups in total. The third kappa shape index (κ3) is 1.73. The van der Waals surface area contributed by atoms with Gasteiger partial charge in [0.25, 0.3) is 0 Å². The maximum Gasteiger partial charge on any atom is 0.240 e. The van der Waals surface area contributed by atoms with Crippen LogP contribution in [-0.4, -0.2) is 17.3 Å². The van der Waals surface area contributed by atoms with E-state index in [1.165, 1.54) is 0 Å². The number of rotatable bonds is 3. The van der Waals surface area contributed by atoms with Gasteiger partial charge in [-0.25, -0.2) is 0 Å². The molecular weight excluding hydrogens is 194 g/mol. The van der Waals surface area contributed by atoms with E-state index in [-0.39, 0.29) is 12.0 Å². The molecule has 15 heavy (non-hydrogen) atoms. The molecule has 5 nitrogen and oxygen atoms in total. The first-order valence-electron chi connectivity index (χ1n) is 5.06. The highest BCUT2D eigenvalue weighted by Crippen LogP contribution is 2.39. The van der Waals surface area contributed by atoms with Crippen LogP contribution in [-0.2, 0) is 16.8 Å². The zero-order valence-corrected chi connectivity index (χ0v) is 8.69. The first kappa shape index (κ1) is 10.1. The van der Waals surface area contributed by atoms with Crippen LogP contribution in [0.5, 0.6) is 0 Å². The van der Waals surface area contributed by atoms with E-state index in [1.54, 1.807) is 7.11 Å². The molecule has 1 aromatic heterocycles. The molecular formula is C10H13N3O2. The molecule has 0 spiro atoms. The molecule has 1 aromatic rings. The highest BCUT2D eigenvalue weighted by Gasteiger charge is 2.40. The summed E-state index contributed by atoms with van der Waals surface area (Å²) in [5.74, 6) is 0.962. The molecule has 2 rings (SSSR count). The van der Waals surface area contributed by atoms with Crippen LogP contribution in [0.25, 0.3) is 0 Å². The van der Waals surface area contributed by atoms with Crippen molar-refractivity contribution in [3.8, 4) is 6.07 Å². The van der Waals surface area contributed by atoms with E-state index in [0.29, 0.717) is 11.7 Å². The van der Waals surface area contributed by atoms with Crippen molar-refractivity contribution in [2.45, 2.75) is 37.7 Å². The molecule has 0 bridgehead atoms. The molecule has 1 aliphatic carbocycles. The average Bonchev–Trinajstić information content (AvgIpc) is 2.86. The van der Waals surface area contributed by atoms with Crippen molar-refractivity contribution in [3.05, 3.63) is 11.7 Å². The van der Waals surface area contributed by atoms with E-state index in [0.717, 1.165) is 25.7 Å². The van der Waals surface area contributed by atoms with Gasteiger partial charge in [0.2, 0.25) is 11.7 Å².